The SMILES string of the molecule is CN1CCN(C(=O)c2csc(-c3cccc(OCc4ccc(F)cc4F)c3)n2)CC1. The Morgan fingerprint density at radius 2 is 1.93 bits per heavy atom. The van der Waals surface area contributed by atoms with Crippen molar-refractivity contribution in [2.75, 3.05) is 33.2 Å². The van der Waals surface area contributed by atoms with Crippen LogP contribution in [0.2, 0.25) is 0 Å². The topological polar surface area (TPSA) is 45.7 Å². The van der Waals surface area contributed by atoms with Crippen LogP contribution < -0.4 is 4.74 Å². The average Bonchev–Trinajstić information content (AvgIpc) is 3.24. The molecule has 0 aliphatic carbocycles. The van der Waals surface area contributed by atoms with E-state index in [9.17, 15) is 13.6 Å². The molecule has 2 aromatic carbocycles. The summed E-state index contributed by atoms with van der Waals surface area (Å²) in [6.45, 7) is 3.10. The number of carbonyl (C=O) groups excluding carboxylic acids is 1. The van der Waals surface area contributed by atoms with Crippen molar-refractivity contribution in [3.8, 4) is 16.3 Å². The molecule has 2 heterocycles. The predicted molar refractivity (Wildman–Crippen MR) is 112 cm³/mol. The summed E-state index contributed by atoms with van der Waals surface area (Å²) in [4.78, 5) is 21.2. The molecule has 30 heavy (non-hydrogen) atoms. The largest absolute Gasteiger partial charge is 0.489 e. The number of rotatable bonds is 5. The highest BCUT2D eigenvalue weighted by Gasteiger charge is 2.22. The molecule has 1 amide bonds. The molecule has 8 heteroatoms. The number of ether oxygens (including phenoxy) is 1. The smallest absolute Gasteiger partial charge is 0.273 e. The minimum atomic E-state index is -0.641. The Labute approximate surface area is 177 Å². The van der Waals surface area contributed by atoms with Crippen molar-refractivity contribution in [2.24, 2.45) is 0 Å². The first-order valence-electron chi connectivity index (χ1n) is 9.60. The van der Waals surface area contributed by atoms with Crippen molar-refractivity contribution in [1.82, 2.24) is 14.8 Å². The number of nitrogens with zero attached hydrogens (tertiary/aromatic N) is 3. The van der Waals surface area contributed by atoms with Gasteiger partial charge >= 0.3 is 0 Å². The van der Waals surface area contributed by atoms with Gasteiger partial charge in [0.05, 0.1) is 0 Å². The van der Waals surface area contributed by atoms with Gasteiger partial charge in [0.2, 0.25) is 0 Å². The number of likely N-dealkylation sites (N-methyl/N-ethyl adjacent to an activating group) is 1. The monoisotopic (exact) mass is 429 g/mol. The summed E-state index contributed by atoms with van der Waals surface area (Å²) in [5, 5.41) is 2.49. The molecule has 0 atom stereocenters. The molecule has 4 rings (SSSR count). The Kier molecular flexibility index (Phi) is 6.06. The highest BCUT2D eigenvalue weighted by molar-refractivity contribution is 7.13. The van der Waals surface area contributed by atoms with Crippen LogP contribution in [0.15, 0.2) is 47.8 Å². The molecule has 0 bridgehead atoms. The van der Waals surface area contributed by atoms with Gasteiger partial charge in [-0.2, -0.15) is 0 Å². The van der Waals surface area contributed by atoms with Crippen LogP contribution >= 0.6 is 11.3 Å². The zero-order chi connectivity index (χ0) is 21.1. The summed E-state index contributed by atoms with van der Waals surface area (Å²) in [7, 11) is 2.04. The van der Waals surface area contributed by atoms with Gasteiger partial charge in [0, 0.05) is 48.8 Å². The van der Waals surface area contributed by atoms with Crippen LogP contribution in [0, 0.1) is 11.6 Å². The van der Waals surface area contributed by atoms with E-state index in [0.29, 0.717) is 29.5 Å². The molecule has 1 fully saturated rings. The number of carbonyl (C=O) groups is 1. The molecule has 0 radical (unpaired) electrons. The van der Waals surface area contributed by atoms with E-state index >= 15 is 0 Å². The molecule has 1 saturated heterocycles. The second-order valence-electron chi connectivity index (χ2n) is 7.19. The third kappa shape index (κ3) is 4.66. The zero-order valence-corrected chi connectivity index (χ0v) is 17.3. The van der Waals surface area contributed by atoms with E-state index < -0.39 is 11.6 Å². The summed E-state index contributed by atoms with van der Waals surface area (Å²) in [5.41, 5.74) is 1.53. The molecule has 1 aromatic heterocycles. The van der Waals surface area contributed by atoms with E-state index in [0.717, 1.165) is 24.7 Å². The number of halogens is 2. The standard InChI is InChI=1S/C22H21F2N3O2S/c1-26-7-9-27(10-8-26)22(28)20-14-30-21(25-20)15-3-2-4-18(11-15)29-13-16-5-6-17(23)12-19(16)24/h2-6,11-12,14H,7-10,13H2,1H3. The number of hydrogen-bond donors (Lipinski definition) is 0. The Morgan fingerprint density at radius 1 is 1.13 bits per heavy atom. The van der Waals surface area contributed by atoms with E-state index in [2.05, 4.69) is 9.88 Å². The van der Waals surface area contributed by atoms with Crippen molar-refractivity contribution in [1.29, 1.82) is 0 Å². The predicted octanol–water partition coefficient (Wildman–Crippen LogP) is 4.05. The van der Waals surface area contributed by atoms with Gasteiger partial charge in [0.1, 0.15) is 34.7 Å². The van der Waals surface area contributed by atoms with Crippen molar-refractivity contribution < 1.29 is 18.3 Å². The van der Waals surface area contributed by atoms with E-state index in [1.807, 2.05) is 24.1 Å². The second kappa shape index (κ2) is 8.89. The molecular formula is C22H21F2N3O2S. The van der Waals surface area contributed by atoms with Crippen molar-refractivity contribution in [3.63, 3.8) is 0 Å². The molecule has 3 aromatic rings. The minimum Gasteiger partial charge on any atom is -0.489 e. The maximum Gasteiger partial charge on any atom is 0.273 e. The highest BCUT2D eigenvalue weighted by Crippen LogP contribution is 2.28. The van der Waals surface area contributed by atoms with Crippen LogP contribution in [0.25, 0.3) is 10.6 Å². The quantitative estimate of drug-likeness (QED) is 0.614. The average molecular weight is 429 g/mol. The van der Waals surface area contributed by atoms with Crippen LogP contribution in [0.5, 0.6) is 5.75 Å². The van der Waals surface area contributed by atoms with Crippen LogP contribution in [-0.2, 0) is 6.61 Å². The summed E-state index contributed by atoms with van der Waals surface area (Å²) in [5.74, 6) is -0.773. The summed E-state index contributed by atoms with van der Waals surface area (Å²) >= 11 is 1.40. The number of thiazole rings is 1. The first kappa shape index (κ1) is 20.4. The van der Waals surface area contributed by atoms with Crippen molar-refractivity contribution in [3.05, 3.63) is 70.7 Å². The Hall–Kier alpha value is -2.84. The lowest BCUT2D eigenvalue weighted by molar-refractivity contribution is 0.0659. The lowest BCUT2D eigenvalue weighted by Gasteiger charge is -2.31. The number of benzene rings is 2. The molecular weight excluding hydrogens is 408 g/mol. The highest BCUT2D eigenvalue weighted by atomic mass is 32.1. The Balaban J connectivity index is 1.44. The van der Waals surface area contributed by atoms with Gasteiger partial charge in [0.25, 0.3) is 5.91 Å². The number of piperazine rings is 1. The minimum absolute atomic E-state index is 0.0133. The fourth-order valence-electron chi connectivity index (χ4n) is 3.19. The van der Waals surface area contributed by atoms with Crippen LogP contribution in [0.1, 0.15) is 16.1 Å². The van der Waals surface area contributed by atoms with Gasteiger partial charge in [-0.05, 0) is 31.3 Å². The molecule has 5 nitrogen and oxygen atoms in total. The molecule has 1 aliphatic heterocycles. The van der Waals surface area contributed by atoms with Crippen LogP contribution in [0.4, 0.5) is 8.78 Å². The molecule has 156 valence electrons. The van der Waals surface area contributed by atoms with Gasteiger partial charge in [-0.3, -0.25) is 4.79 Å². The van der Waals surface area contributed by atoms with E-state index in [1.165, 1.54) is 23.5 Å². The first-order chi connectivity index (χ1) is 14.5. The van der Waals surface area contributed by atoms with Gasteiger partial charge < -0.3 is 14.5 Å². The fourth-order valence-corrected chi connectivity index (χ4v) is 3.99. The molecule has 1 aliphatic rings. The van der Waals surface area contributed by atoms with Gasteiger partial charge in [-0.25, -0.2) is 13.8 Å². The molecule has 0 saturated carbocycles. The molecule has 0 spiro atoms. The van der Waals surface area contributed by atoms with Gasteiger partial charge in [-0.1, -0.05) is 12.1 Å². The van der Waals surface area contributed by atoms with Crippen molar-refractivity contribution in [2.45, 2.75) is 6.61 Å². The third-order valence-electron chi connectivity index (χ3n) is 5.00. The van der Waals surface area contributed by atoms with E-state index in [1.54, 1.807) is 17.5 Å². The lowest BCUT2D eigenvalue weighted by atomic mass is 10.2. The second-order valence-corrected chi connectivity index (χ2v) is 8.04. The Morgan fingerprint density at radius 3 is 2.70 bits per heavy atom. The summed E-state index contributed by atoms with van der Waals surface area (Å²) in [6.07, 6.45) is 0. The maximum absolute atomic E-state index is 13.8. The summed E-state index contributed by atoms with van der Waals surface area (Å²) in [6, 6.07) is 10.7. The van der Waals surface area contributed by atoms with Crippen LogP contribution in [0.3, 0.4) is 0 Å². The maximum atomic E-state index is 13.8. The summed E-state index contributed by atoms with van der Waals surface area (Å²) < 4.78 is 32.5. The lowest BCUT2D eigenvalue weighted by Crippen LogP contribution is -2.47. The molecule has 0 unspecified atom stereocenters. The van der Waals surface area contributed by atoms with Crippen LogP contribution in [-0.4, -0.2) is 53.9 Å². The zero-order valence-electron chi connectivity index (χ0n) is 16.5. The number of hydrogen-bond acceptors (Lipinski definition) is 5. The number of aromatic nitrogens is 1. The Bertz CT molecular complexity index is 1050. The van der Waals surface area contributed by atoms with E-state index in [4.69, 9.17) is 4.74 Å². The van der Waals surface area contributed by atoms with Gasteiger partial charge in [0.15, 0.2) is 0 Å². The fraction of sp³-hybridized carbons (Fsp3) is 0.273. The molecule has 0 N–H and O–H groups in total. The number of amides is 1. The van der Waals surface area contributed by atoms with E-state index in [-0.39, 0.29) is 18.1 Å². The van der Waals surface area contributed by atoms with Gasteiger partial charge in [-0.15, -0.1) is 11.3 Å². The van der Waals surface area contributed by atoms with Crippen molar-refractivity contribution >= 4 is 17.2 Å². The first-order valence-corrected chi connectivity index (χ1v) is 10.5. The normalized spacial score (nSPS) is 14.7. The third-order valence-corrected chi connectivity index (χ3v) is 5.90.